The second kappa shape index (κ2) is 6.33. The summed E-state index contributed by atoms with van der Waals surface area (Å²) < 4.78 is 40.3. The van der Waals surface area contributed by atoms with Gasteiger partial charge in [0.25, 0.3) is 0 Å². The molecule has 0 atom stereocenters. The lowest BCUT2D eigenvalue weighted by molar-refractivity contribution is 0.466. The summed E-state index contributed by atoms with van der Waals surface area (Å²) in [5.74, 6) is -0.354. The van der Waals surface area contributed by atoms with E-state index >= 15 is 0 Å². The van der Waals surface area contributed by atoms with Gasteiger partial charge in [-0.2, -0.15) is 9.40 Å². The minimum Gasteiger partial charge on any atom is -0.329 e. The molecule has 0 spiro atoms. The molecule has 1 aromatic carbocycles. The summed E-state index contributed by atoms with van der Waals surface area (Å²) >= 11 is 0. The van der Waals surface area contributed by atoms with Gasteiger partial charge in [-0.05, 0) is 17.7 Å². The number of aromatic nitrogens is 2. The number of hydrogen-bond donors (Lipinski definition) is 1. The minimum atomic E-state index is -3.63. The Balaban J connectivity index is 2.15. The Hall–Kier alpha value is -1.77. The largest absolute Gasteiger partial charge is 0.329 e. The minimum absolute atomic E-state index is 0.112. The number of halogens is 1. The maximum absolute atomic E-state index is 12.8. The van der Waals surface area contributed by atoms with Crippen molar-refractivity contribution in [3.05, 3.63) is 48.0 Å². The summed E-state index contributed by atoms with van der Waals surface area (Å²) in [6, 6.07) is 5.71. The Morgan fingerprint density at radius 1 is 1.33 bits per heavy atom. The van der Waals surface area contributed by atoms with Crippen molar-refractivity contribution in [2.75, 3.05) is 13.6 Å². The molecule has 2 rings (SSSR count). The molecule has 2 aromatic rings. The first-order chi connectivity index (χ1) is 9.93. The Morgan fingerprint density at radius 2 is 2.00 bits per heavy atom. The summed E-state index contributed by atoms with van der Waals surface area (Å²) in [5, 5.41) is 3.95. The van der Waals surface area contributed by atoms with Crippen molar-refractivity contribution >= 4 is 10.0 Å². The van der Waals surface area contributed by atoms with Crippen LogP contribution in [0.25, 0.3) is 0 Å². The van der Waals surface area contributed by atoms with Crippen LogP contribution in [-0.2, 0) is 23.1 Å². The second-order valence-corrected chi connectivity index (χ2v) is 6.66. The van der Waals surface area contributed by atoms with Gasteiger partial charge in [0.05, 0.1) is 12.7 Å². The molecule has 0 aliphatic heterocycles. The van der Waals surface area contributed by atoms with Gasteiger partial charge < -0.3 is 5.73 Å². The highest BCUT2D eigenvalue weighted by atomic mass is 32.2. The van der Waals surface area contributed by atoms with Gasteiger partial charge in [-0.1, -0.05) is 12.1 Å². The zero-order valence-electron chi connectivity index (χ0n) is 11.6. The lowest BCUT2D eigenvalue weighted by Gasteiger charge is -2.16. The average molecular weight is 312 g/mol. The maximum Gasteiger partial charge on any atom is 0.246 e. The van der Waals surface area contributed by atoms with E-state index in [0.29, 0.717) is 18.7 Å². The standard InChI is InChI=1S/C13H17FN4O2S/c1-17(9-11-2-4-12(14)5-3-11)21(19,20)13-8-16-18(10-13)7-6-15/h2-5,8,10H,6-7,9,15H2,1H3. The molecular formula is C13H17FN4O2S. The molecule has 21 heavy (non-hydrogen) atoms. The van der Waals surface area contributed by atoms with Gasteiger partial charge in [-0.25, -0.2) is 12.8 Å². The van der Waals surface area contributed by atoms with Crippen LogP contribution >= 0.6 is 0 Å². The summed E-state index contributed by atoms with van der Waals surface area (Å²) in [4.78, 5) is 0.112. The fourth-order valence-electron chi connectivity index (χ4n) is 1.84. The first-order valence-electron chi connectivity index (χ1n) is 6.37. The van der Waals surface area contributed by atoms with Crippen molar-refractivity contribution < 1.29 is 12.8 Å². The van der Waals surface area contributed by atoms with Crippen LogP contribution in [0.3, 0.4) is 0 Å². The summed E-state index contributed by atoms with van der Waals surface area (Å²) in [6.07, 6.45) is 2.75. The summed E-state index contributed by atoms with van der Waals surface area (Å²) in [5.41, 5.74) is 6.11. The molecule has 0 bridgehead atoms. The highest BCUT2D eigenvalue weighted by Crippen LogP contribution is 2.16. The Kier molecular flexibility index (Phi) is 4.71. The van der Waals surface area contributed by atoms with Gasteiger partial charge in [0.2, 0.25) is 10.0 Å². The average Bonchev–Trinajstić information content (AvgIpc) is 2.91. The first-order valence-corrected chi connectivity index (χ1v) is 7.81. The zero-order chi connectivity index (χ0) is 15.5. The third-order valence-electron chi connectivity index (χ3n) is 2.99. The molecule has 0 fully saturated rings. The Morgan fingerprint density at radius 3 is 2.62 bits per heavy atom. The van der Waals surface area contributed by atoms with Crippen molar-refractivity contribution in [1.29, 1.82) is 0 Å². The number of benzene rings is 1. The van der Waals surface area contributed by atoms with Crippen LogP contribution < -0.4 is 5.73 Å². The van der Waals surface area contributed by atoms with Crippen LogP contribution in [-0.4, -0.2) is 36.1 Å². The van der Waals surface area contributed by atoms with Crippen molar-refractivity contribution in [2.45, 2.75) is 18.0 Å². The lowest BCUT2D eigenvalue weighted by Crippen LogP contribution is -2.26. The molecule has 6 nitrogen and oxygen atoms in total. The van der Waals surface area contributed by atoms with Gasteiger partial charge in [0.1, 0.15) is 10.7 Å². The highest BCUT2D eigenvalue weighted by molar-refractivity contribution is 7.89. The van der Waals surface area contributed by atoms with Gasteiger partial charge in [0.15, 0.2) is 0 Å². The van der Waals surface area contributed by atoms with E-state index in [-0.39, 0.29) is 17.3 Å². The van der Waals surface area contributed by atoms with E-state index in [9.17, 15) is 12.8 Å². The molecule has 0 saturated heterocycles. The van der Waals surface area contributed by atoms with Crippen LogP contribution in [0.2, 0.25) is 0 Å². The van der Waals surface area contributed by atoms with E-state index in [4.69, 9.17) is 5.73 Å². The van der Waals surface area contributed by atoms with E-state index in [1.807, 2.05) is 0 Å². The van der Waals surface area contributed by atoms with Crippen LogP contribution in [0, 0.1) is 5.82 Å². The summed E-state index contributed by atoms with van der Waals surface area (Å²) in [7, 11) is -2.16. The Labute approximate surface area is 123 Å². The SMILES string of the molecule is CN(Cc1ccc(F)cc1)S(=O)(=O)c1cnn(CCN)c1. The van der Waals surface area contributed by atoms with Crippen molar-refractivity contribution in [2.24, 2.45) is 5.73 Å². The van der Waals surface area contributed by atoms with Gasteiger partial charge in [0, 0.05) is 26.3 Å². The monoisotopic (exact) mass is 312 g/mol. The fourth-order valence-corrected chi connectivity index (χ4v) is 2.96. The number of nitrogens with two attached hydrogens (primary N) is 1. The predicted octanol–water partition coefficient (Wildman–Crippen LogP) is 0.802. The second-order valence-electron chi connectivity index (χ2n) is 4.62. The van der Waals surface area contributed by atoms with Crippen molar-refractivity contribution in [3.8, 4) is 0 Å². The topological polar surface area (TPSA) is 81.2 Å². The third-order valence-corrected chi connectivity index (χ3v) is 4.75. The van der Waals surface area contributed by atoms with E-state index in [0.717, 1.165) is 0 Å². The molecule has 2 N–H and O–H groups in total. The van der Waals surface area contributed by atoms with Gasteiger partial charge >= 0.3 is 0 Å². The molecular weight excluding hydrogens is 295 g/mol. The van der Waals surface area contributed by atoms with Crippen molar-refractivity contribution in [3.63, 3.8) is 0 Å². The van der Waals surface area contributed by atoms with Crippen molar-refractivity contribution in [1.82, 2.24) is 14.1 Å². The highest BCUT2D eigenvalue weighted by Gasteiger charge is 2.22. The molecule has 0 amide bonds. The Bertz CT molecular complexity index is 697. The molecule has 1 heterocycles. The number of hydrogen-bond acceptors (Lipinski definition) is 4. The molecule has 8 heteroatoms. The first kappa shape index (κ1) is 15.6. The molecule has 1 aromatic heterocycles. The molecule has 0 unspecified atom stereocenters. The quantitative estimate of drug-likeness (QED) is 0.855. The predicted molar refractivity (Wildman–Crippen MR) is 76.3 cm³/mol. The van der Waals surface area contributed by atoms with Crippen LogP contribution in [0.5, 0.6) is 0 Å². The van der Waals surface area contributed by atoms with Gasteiger partial charge in [-0.3, -0.25) is 4.68 Å². The number of rotatable bonds is 6. The maximum atomic E-state index is 12.8. The molecule has 0 saturated carbocycles. The fraction of sp³-hybridized carbons (Fsp3) is 0.308. The summed E-state index contributed by atoms with van der Waals surface area (Å²) in [6.45, 7) is 0.995. The van der Waals surface area contributed by atoms with Crippen LogP contribution in [0.15, 0.2) is 41.6 Å². The van der Waals surface area contributed by atoms with E-state index in [1.54, 1.807) is 12.1 Å². The number of nitrogens with zero attached hydrogens (tertiary/aromatic N) is 3. The third kappa shape index (κ3) is 3.66. The smallest absolute Gasteiger partial charge is 0.246 e. The van der Waals surface area contributed by atoms with Crippen LogP contribution in [0.1, 0.15) is 5.56 Å². The zero-order valence-corrected chi connectivity index (χ0v) is 12.4. The number of sulfonamides is 1. The lowest BCUT2D eigenvalue weighted by atomic mass is 10.2. The van der Waals surface area contributed by atoms with E-state index < -0.39 is 10.0 Å². The molecule has 0 aliphatic rings. The molecule has 0 radical (unpaired) electrons. The molecule has 114 valence electrons. The van der Waals surface area contributed by atoms with Gasteiger partial charge in [-0.15, -0.1) is 0 Å². The normalized spacial score (nSPS) is 12.0. The van der Waals surface area contributed by atoms with E-state index in [1.165, 1.54) is 40.6 Å². The molecule has 0 aliphatic carbocycles. The van der Waals surface area contributed by atoms with Crippen LogP contribution in [0.4, 0.5) is 4.39 Å². The van der Waals surface area contributed by atoms with E-state index in [2.05, 4.69) is 5.10 Å².